The zero-order valence-corrected chi connectivity index (χ0v) is 13.1. The van der Waals surface area contributed by atoms with Crippen LogP contribution in [0.1, 0.15) is 49.7 Å². The van der Waals surface area contributed by atoms with E-state index in [0.717, 1.165) is 18.4 Å². The van der Waals surface area contributed by atoms with Crippen LogP contribution in [0, 0.1) is 6.92 Å². The van der Waals surface area contributed by atoms with Crippen LogP contribution in [0.2, 0.25) is 0 Å². The number of hydrogen-bond donors (Lipinski definition) is 0. The van der Waals surface area contributed by atoms with Crippen molar-refractivity contribution in [1.29, 1.82) is 0 Å². The van der Waals surface area contributed by atoms with Gasteiger partial charge in [0.05, 0.1) is 5.54 Å². The number of Topliss-reactive ketones (excluding diaryl/α,β-unsaturated/α-hetero) is 1. The van der Waals surface area contributed by atoms with Crippen molar-refractivity contribution in [3.8, 4) is 0 Å². The Hall–Kier alpha value is -1.15. The van der Waals surface area contributed by atoms with E-state index in [0.29, 0.717) is 12.2 Å². The maximum Gasteiger partial charge on any atom is 0.157 e. The Morgan fingerprint density at radius 1 is 1.05 bits per heavy atom. The standard InChI is InChI=1S/C18H27NO/c1-15-8-10-16(11-9-15)14-17(20)18(19(2)3)12-6-4-5-7-13-18/h8-11H,4-7,12-14H2,1-3H3. The number of aryl methyl sites for hydroxylation is 1. The molecule has 0 aromatic heterocycles. The van der Waals surface area contributed by atoms with E-state index in [4.69, 9.17) is 0 Å². The first kappa shape index (κ1) is 15.2. The summed E-state index contributed by atoms with van der Waals surface area (Å²) in [5.41, 5.74) is 2.16. The Bertz CT molecular complexity index is 439. The summed E-state index contributed by atoms with van der Waals surface area (Å²) in [6.45, 7) is 2.08. The largest absolute Gasteiger partial charge is 0.297 e. The molecule has 1 aromatic carbocycles. The maximum absolute atomic E-state index is 12.9. The number of nitrogens with zero attached hydrogens (tertiary/aromatic N) is 1. The molecule has 0 saturated heterocycles. The fourth-order valence-electron chi connectivity index (χ4n) is 3.34. The molecule has 1 aliphatic rings. The van der Waals surface area contributed by atoms with Crippen molar-refractivity contribution in [1.82, 2.24) is 4.90 Å². The third-order valence-electron chi connectivity index (χ3n) is 4.79. The van der Waals surface area contributed by atoms with Crippen molar-refractivity contribution in [2.75, 3.05) is 14.1 Å². The molecule has 1 aliphatic carbocycles. The molecular weight excluding hydrogens is 246 g/mol. The van der Waals surface area contributed by atoms with Crippen molar-refractivity contribution in [2.45, 2.75) is 57.4 Å². The zero-order chi connectivity index (χ0) is 14.6. The third kappa shape index (κ3) is 3.29. The van der Waals surface area contributed by atoms with Crippen molar-refractivity contribution in [3.63, 3.8) is 0 Å². The molecule has 1 saturated carbocycles. The first-order valence-electron chi connectivity index (χ1n) is 7.81. The average Bonchev–Trinajstić information content (AvgIpc) is 2.68. The Morgan fingerprint density at radius 2 is 1.60 bits per heavy atom. The van der Waals surface area contributed by atoms with E-state index in [2.05, 4.69) is 50.2 Å². The highest BCUT2D eigenvalue weighted by molar-refractivity contribution is 5.90. The van der Waals surface area contributed by atoms with Crippen molar-refractivity contribution in [2.24, 2.45) is 0 Å². The van der Waals surface area contributed by atoms with E-state index < -0.39 is 0 Å². The number of benzene rings is 1. The number of hydrogen-bond acceptors (Lipinski definition) is 2. The van der Waals surface area contributed by atoms with Gasteiger partial charge in [0.2, 0.25) is 0 Å². The van der Waals surface area contributed by atoms with Crippen LogP contribution in [-0.4, -0.2) is 30.3 Å². The molecule has 0 amide bonds. The lowest BCUT2D eigenvalue weighted by Crippen LogP contribution is -2.51. The molecule has 0 radical (unpaired) electrons. The van der Waals surface area contributed by atoms with Crippen molar-refractivity contribution >= 4 is 5.78 Å². The number of likely N-dealkylation sites (N-methyl/N-ethyl adjacent to an activating group) is 1. The summed E-state index contributed by atoms with van der Waals surface area (Å²) in [6, 6.07) is 8.37. The summed E-state index contributed by atoms with van der Waals surface area (Å²) in [6.07, 6.45) is 7.50. The van der Waals surface area contributed by atoms with E-state index in [1.54, 1.807) is 0 Å². The van der Waals surface area contributed by atoms with Gasteiger partial charge in [0.25, 0.3) is 0 Å². The minimum absolute atomic E-state index is 0.235. The second-order valence-electron chi connectivity index (χ2n) is 6.43. The first-order chi connectivity index (χ1) is 9.54. The second-order valence-corrected chi connectivity index (χ2v) is 6.43. The molecular formula is C18H27NO. The lowest BCUT2D eigenvalue weighted by Gasteiger charge is -2.38. The molecule has 20 heavy (non-hydrogen) atoms. The Balaban J connectivity index is 2.16. The quantitative estimate of drug-likeness (QED) is 0.779. The summed E-state index contributed by atoms with van der Waals surface area (Å²) in [5.74, 6) is 0.397. The van der Waals surface area contributed by atoms with Gasteiger partial charge in [-0.25, -0.2) is 0 Å². The van der Waals surface area contributed by atoms with Gasteiger partial charge in [-0.2, -0.15) is 0 Å². The molecule has 0 atom stereocenters. The number of ketones is 1. The van der Waals surface area contributed by atoms with Gasteiger partial charge in [0.1, 0.15) is 0 Å². The fraction of sp³-hybridized carbons (Fsp3) is 0.611. The molecule has 0 heterocycles. The van der Waals surface area contributed by atoms with Crippen LogP contribution in [0.4, 0.5) is 0 Å². The lowest BCUT2D eigenvalue weighted by molar-refractivity contribution is -0.130. The highest BCUT2D eigenvalue weighted by atomic mass is 16.1. The van der Waals surface area contributed by atoms with Crippen molar-refractivity contribution < 1.29 is 4.79 Å². The highest BCUT2D eigenvalue weighted by Crippen LogP contribution is 2.33. The minimum atomic E-state index is -0.235. The second kappa shape index (κ2) is 6.53. The van der Waals surface area contributed by atoms with Crippen LogP contribution >= 0.6 is 0 Å². The first-order valence-corrected chi connectivity index (χ1v) is 7.81. The maximum atomic E-state index is 12.9. The predicted octanol–water partition coefficient (Wildman–Crippen LogP) is 3.76. The minimum Gasteiger partial charge on any atom is -0.297 e. The molecule has 2 rings (SSSR count). The van der Waals surface area contributed by atoms with Crippen LogP contribution in [-0.2, 0) is 11.2 Å². The molecule has 0 spiro atoms. The van der Waals surface area contributed by atoms with Gasteiger partial charge in [0, 0.05) is 6.42 Å². The van der Waals surface area contributed by atoms with Gasteiger partial charge in [0.15, 0.2) is 5.78 Å². The zero-order valence-electron chi connectivity index (χ0n) is 13.1. The van der Waals surface area contributed by atoms with Gasteiger partial charge in [-0.15, -0.1) is 0 Å². The topological polar surface area (TPSA) is 20.3 Å². The molecule has 0 unspecified atom stereocenters. The van der Waals surface area contributed by atoms with E-state index in [-0.39, 0.29) is 5.54 Å². The van der Waals surface area contributed by atoms with Gasteiger partial charge < -0.3 is 0 Å². The van der Waals surface area contributed by atoms with Gasteiger partial charge in [-0.3, -0.25) is 9.69 Å². The summed E-state index contributed by atoms with van der Waals surface area (Å²) < 4.78 is 0. The number of carbonyl (C=O) groups excluding carboxylic acids is 1. The molecule has 2 nitrogen and oxygen atoms in total. The summed E-state index contributed by atoms with van der Waals surface area (Å²) in [7, 11) is 4.14. The van der Waals surface area contributed by atoms with Gasteiger partial charge >= 0.3 is 0 Å². The van der Waals surface area contributed by atoms with Crippen LogP contribution in [0.3, 0.4) is 0 Å². The summed E-state index contributed by atoms with van der Waals surface area (Å²) in [5, 5.41) is 0. The summed E-state index contributed by atoms with van der Waals surface area (Å²) in [4.78, 5) is 15.1. The number of rotatable bonds is 4. The number of carbonyl (C=O) groups is 1. The molecule has 0 N–H and O–H groups in total. The van der Waals surface area contributed by atoms with Crippen LogP contribution in [0.5, 0.6) is 0 Å². The SMILES string of the molecule is Cc1ccc(CC(=O)C2(N(C)C)CCCCCC2)cc1. The Kier molecular flexibility index (Phi) is 4.98. The Morgan fingerprint density at radius 3 is 2.10 bits per heavy atom. The van der Waals surface area contributed by atoms with E-state index in [9.17, 15) is 4.79 Å². The third-order valence-corrected chi connectivity index (χ3v) is 4.79. The van der Waals surface area contributed by atoms with Gasteiger partial charge in [-0.05, 0) is 39.4 Å². The molecule has 2 heteroatoms. The molecule has 110 valence electrons. The lowest BCUT2D eigenvalue weighted by atomic mass is 9.82. The summed E-state index contributed by atoms with van der Waals surface area (Å²) >= 11 is 0. The molecule has 0 bridgehead atoms. The van der Waals surface area contributed by atoms with E-state index in [1.165, 1.54) is 31.2 Å². The molecule has 1 aromatic rings. The van der Waals surface area contributed by atoms with Gasteiger partial charge in [-0.1, -0.05) is 55.5 Å². The predicted molar refractivity (Wildman–Crippen MR) is 84.0 cm³/mol. The van der Waals surface area contributed by atoms with Crippen LogP contribution < -0.4 is 0 Å². The van der Waals surface area contributed by atoms with Crippen LogP contribution in [0.15, 0.2) is 24.3 Å². The highest BCUT2D eigenvalue weighted by Gasteiger charge is 2.39. The average molecular weight is 273 g/mol. The molecule has 1 fully saturated rings. The Labute approximate surface area is 123 Å². The van der Waals surface area contributed by atoms with E-state index in [1.807, 2.05) is 0 Å². The fourth-order valence-corrected chi connectivity index (χ4v) is 3.34. The monoisotopic (exact) mass is 273 g/mol. The van der Waals surface area contributed by atoms with Crippen LogP contribution in [0.25, 0.3) is 0 Å². The smallest absolute Gasteiger partial charge is 0.157 e. The normalized spacial score (nSPS) is 18.8. The molecule has 0 aliphatic heterocycles. The van der Waals surface area contributed by atoms with Crippen molar-refractivity contribution in [3.05, 3.63) is 35.4 Å². The van der Waals surface area contributed by atoms with E-state index >= 15 is 0 Å².